The van der Waals surface area contributed by atoms with Crippen LogP contribution in [-0.2, 0) is 16.1 Å². The van der Waals surface area contributed by atoms with E-state index >= 15 is 0 Å². The monoisotopic (exact) mass is 280 g/mol. The fourth-order valence-corrected chi connectivity index (χ4v) is 1.56. The Kier molecular flexibility index (Phi) is 7.01. The van der Waals surface area contributed by atoms with Crippen LogP contribution in [0.5, 0.6) is 5.88 Å². The average molecular weight is 280 g/mol. The Morgan fingerprint density at radius 1 is 1.40 bits per heavy atom. The summed E-state index contributed by atoms with van der Waals surface area (Å²) in [7, 11) is 1.56. The van der Waals surface area contributed by atoms with Gasteiger partial charge in [0.2, 0.25) is 11.8 Å². The minimum Gasteiger partial charge on any atom is -0.481 e. The Hall–Kier alpha value is -1.62. The lowest BCUT2D eigenvalue weighted by Gasteiger charge is -2.14. The molecule has 5 heteroatoms. The molecule has 0 saturated carbocycles. The standard InChI is InChI=1S/C15H24N2O3/c1-11(2)6-8-20-12(3)15(18)17-10-13-5-7-16-14(9-13)19-4/h5,7,9,11-12H,6,8,10H2,1-4H3,(H,17,18). The summed E-state index contributed by atoms with van der Waals surface area (Å²) in [4.78, 5) is 15.9. The normalized spacial score (nSPS) is 12.2. The predicted octanol–water partition coefficient (Wildman–Crippen LogP) is 2.16. The van der Waals surface area contributed by atoms with Gasteiger partial charge in [-0.3, -0.25) is 4.79 Å². The Morgan fingerprint density at radius 3 is 2.80 bits per heavy atom. The van der Waals surface area contributed by atoms with Gasteiger partial charge in [0.25, 0.3) is 0 Å². The molecule has 0 fully saturated rings. The van der Waals surface area contributed by atoms with Crippen molar-refractivity contribution in [1.29, 1.82) is 0 Å². The van der Waals surface area contributed by atoms with E-state index in [1.54, 1.807) is 26.3 Å². The molecule has 20 heavy (non-hydrogen) atoms. The second-order valence-electron chi connectivity index (χ2n) is 5.12. The van der Waals surface area contributed by atoms with Crippen LogP contribution in [0.4, 0.5) is 0 Å². The zero-order valence-corrected chi connectivity index (χ0v) is 12.7. The van der Waals surface area contributed by atoms with Crippen LogP contribution >= 0.6 is 0 Å². The van der Waals surface area contributed by atoms with Crippen LogP contribution in [0.1, 0.15) is 32.8 Å². The summed E-state index contributed by atoms with van der Waals surface area (Å²) in [5.74, 6) is 1.01. The largest absolute Gasteiger partial charge is 0.481 e. The van der Waals surface area contributed by atoms with Gasteiger partial charge >= 0.3 is 0 Å². The Bertz CT molecular complexity index is 421. The van der Waals surface area contributed by atoms with Gasteiger partial charge in [-0.05, 0) is 30.9 Å². The zero-order valence-electron chi connectivity index (χ0n) is 12.7. The summed E-state index contributed by atoms with van der Waals surface area (Å²) in [6.45, 7) is 7.07. The number of carbonyl (C=O) groups excluding carboxylic acids is 1. The van der Waals surface area contributed by atoms with Crippen LogP contribution in [0.25, 0.3) is 0 Å². The number of methoxy groups -OCH3 is 1. The first-order chi connectivity index (χ1) is 9.52. The number of rotatable bonds is 8. The second-order valence-corrected chi connectivity index (χ2v) is 5.12. The van der Waals surface area contributed by atoms with Crippen molar-refractivity contribution >= 4 is 5.91 Å². The summed E-state index contributed by atoms with van der Waals surface area (Å²) in [5, 5.41) is 2.84. The highest BCUT2D eigenvalue weighted by molar-refractivity contribution is 5.80. The first-order valence-electron chi connectivity index (χ1n) is 6.91. The van der Waals surface area contributed by atoms with Gasteiger partial charge in [0.1, 0.15) is 6.10 Å². The third-order valence-corrected chi connectivity index (χ3v) is 2.91. The molecule has 0 aliphatic carbocycles. The van der Waals surface area contributed by atoms with E-state index < -0.39 is 6.10 Å². The van der Waals surface area contributed by atoms with Gasteiger partial charge in [0, 0.05) is 25.4 Å². The SMILES string of the molecule is COc1cc(CNC(=O)C(C)OCCC(C)C)ccn1. The number of carbonyl (C=O) groups is 1. The molecule has 1 aromatic rings. The smallest absolute Gasteiger partial charge is 0.249 e. The number of hydrogen-bond donors (Lipinski definition) is 1. The first kappa shape index (κ1) is 16.4. The number of aromatic nitrogens is 1. The highest BCUT2D eigenvalue weighted by Crippen LogP contribution is 2.08. The van der Waals surface area contributed by atoms with Crippen molar-refractivity contribution in [3.63, 3.8) is 0 Å². The van der Waals surface area contributed by atoms with Gasteiger partial charge in [-0.1, -0.05) is 13.8 Å². The zero-order chi connectivity index (χ0) is 15.0. The third-order valence-electron chi connectivity index (χ3n) is 2.91. The average Bonchev–Trinajstić information content (AvgIpc) is 2.44. The van der Waals surface area contributed by atoms with E-state index in [1.807, 2.05) is 6.07 Å². The van der Waals surface area contributed by atoms with Crippen molar-refractivity contribution in [3.8, 4) is 5.88 Å². The summed E-state index contributed by atoms with van der Waals surface area (Å²) >= 11 is 0. The lowest BCUT2D eigenvalue weighted by molar-refractivity contribution is -0.132. The number of ether oxygens (including phenoxy) is 2. The number of nitrogens with zero attached hydrogens (tertiary/aromatic N) is 1. The molecule has 1 rings (SSSR count). The quantitative estimate of drug-likeness (QED) is 0.792. The molecule has 0 radical (unpaired) electrons. The highest BCUT2D eigenvalue weighted by Gasteiger charge is 2.13. The van der Waals surface area contributed by atoms with Crippen LogP contribution in [0.2, 0.25) is 0 Å². The summed E-state index contributed by atoms with van der Waals surface area (Å²) < 4.78 is 10.5. The van der Waals surface area contributed by atoms with Crippen LogP contribution in [-0.4, -0.2) is 30.7 Å². The second kappa shape index (κ2) is 8.53. The maximum atomic E-state index is 11.9. The van der Waals surface area contributed by atoms with Crippen LogP contribution in [0.15, 0.2) is 18.3 Å². The van der Waals surface area contributed by atoms with Crippen LogP contribution in [0, 0.1) is 5.92 Å². The van der Waals surface area contributed by atoms with Crippen molar-refractivity contribution in [3.05, 3.63) is 23.9 Å². The maximum Gasteiger partial charge on any atom is 0.249 e. The van der Waals surface area contributed by atoms with E-state index in [2.05, 4.69) is 24.1 Å². The molecule has 1 aromatic heterocycles. The van der Waals surface area contributed by atoms with Gasteiger partial charge in [-0.2, -0.15) is 0 Å². The molecule has 0 bridgehead atoms. The summed E-state index contributed by atoms with van der Waals surface area (Å²) in [6, 6.07) is 3.64. The molecule has 112 valence electrons. The molecule has 1 N–H and O–H groups in total. The lowest BCUT2D eigenvalue weighted by Crippen LogP contribution is -2.34. The number of pyridine rings is 1. The molecule has 0 saturated heterocycles. The summed E-state index contributed by atoms with van der Waals surface area (Å²) in [6.07, 6.45) is 2.18. The highest BCUT2D eigenvalue weighted by atomic mass is 16.5. The first-order valence-corrected chi connectivity index (χ1v) is 6.91. The van der Waals surface area contributed by atoms with Gasteiger partial charge in [0.05, 0.1) is 7.11 Å². The lowest BCUT2D eigenvalue weighted by atomic mass is 10.1. The summed E-state index contributed by atoms with van der Waals surface area (Å²) in [5.41, 5.74) is 0.944. The van der Waals surface area contributed by atoms with Gasteiger partial charge < -0.3 is 14.8 Å². The van der Waals surface area contributed by atoms with E-state index in [0.717, 1.165) is 12.0 Å². The van der Waals surface area contributed by atoms with Crippen molar-refractivity contribution < 1.29 is 14.3 Å². The molecule has 0 spiro atoms. The van der Waals surface area contributed by atoms with E-state index in [-0.39, 0.29) is 5.91 Å². The molecule has 1 atom stereocenters. The predicted molar refractivity (Wildman–Crippen MR) is 77.5 cm³/mol. The molecular weight excluding hydrogens is 256 g/mol. The van der Waals surface area contributed by atoms with Crippen molar-refractivity contribution in [2.75, 3.05) is 13.7 Å². The molecular formula is C15H24N2O3. The fraction of sp³-hybridized carbons (Fsp3) is 0.600. The van der Waals surface area contributed by atoms with E-state index in [4.69, 9.17) is 9.47 Å². The van der Waals surface area contributed by atoms with E-state index in [9.17, 15) is 4.79 Å². The Balaban J connectivity index is 2.34. The molecule has 5 nitrogen and oxygen atoms in total. The number of amides is 1. The van der Waals surface area contributed by atoms with Gasteiger partial charge in [0.15, 0.2) is 0 Å². The fourth-order valence-electron chi connectivity index (χ4n) is 1.56. The van der Waals surface area contributed by atoms with Gasteiger partial charge in [-0.25, -0.2) is 4.98 Å². The maximum absolute atomic E-state index is 11.9. The molecule has 1 heterocycles. The van der Waals surface area contributed by atoms with Crippen molar-refractivity contribution in [2.45, 2.75) is 39.8 Å². The Labute approximate surface area is 120 Å². The molecule has 1 unspecified atom stereocenters. The number of hydrogen-bond acceptors (Lipinski definition) is 4. The molecule has 0 aromatic carbocycles. The van der Waals surface area contributed by atoms with Crippen molar-refractivity contribution in [2.24, 2.45) is 5.92 Å². The minimum absolute atomic E-state index is 0.107. The van der Waals surface area contributed by atoms with E-state index in [1.165, 1.54) is 0 Å². The van der Waals surface area contributed by atoms with Crippen molar-refractivity contribution in [1.82, 2.24) is 10.3 Å². The molecule has 0 aliphatic heterocycles. The third kappa shape index (κ3) is 6.02. The number of nitrogens with one attached hydrogen (secondary N) is 1. The molecule has 0 aliphatic rings. The topological polar surface area (TPSA) is 60.5 Å². The van der Waals surface area contributed by atoms with Gasteiger partial charge in [-0.15, -0.1) is 0 Å². The van der Waals surface area contributed by atoms with E-state index in [0.29, 0.717) is 24.9 Å². The molecule has 1 amide bonds. The minimum atomic E-state index is -0.433. The van der Waals surface area contributed by atoms with Crippen LogP contribution < -0.4 is 10.1 Å². The van der Waals surface area contributed by atoms with Crippen LogP contribution in [0.3, 0.4) is 0 Å². The Morgan fingerprint density at radius 2 is 2.15 bits per heavy atom.